The molecule has 17 heavy (non-hydrogen) atoms. The average molecular weight is 238 g/mol. The number of hydrogen-bond donors (Lipinski definition) is 1. The third-order valence-corrected chi connectivity index (χ3v) is 3.08. The van der Waals surface area contributed by atoms with Gasteiger partial charge in [0.1, 0.15) is 0 Å². The Balaban J connectivity index is 1.88. The fourth-order valence-electron chi connectivity index (χ4n) is 2.13. The number of nitrogens with zero attached hydrogens (tertiary/aromatic N) is 3. The van der Waals surface area contributed by atoms with Gasteiger partial charge in [0.25, 0.3) is 0 Å². The van der Waals surface area contributed by atoms with Crippen LogP contribution in [0, 0.1) is 6.92 Å². The molecule has 6 nitrogen and oxygen atoms in total. The minimum atomic E-state index is 0.162. The maximum absolute atomic E-state index is 11.7. The SMILES string of the molecule is CNCC(=O)N1CCC(c2noc(C)n2)CC1. The number of piperidine rings is 1. The lowest BCUT2D eigenvalue weighted by Crippen LogP contribution is -2.42. The van der Waals surface area contributed by atoms with Crippen molar-refractivity contribution in [2.45, 2.75) is 25.7 Å². The van der Waals surface area contributed by atoms with Gasteiger partial charge >= 0.3 is 0 Å². The lowest BCUT2D eigenvalue weighted by molar-refractivity contribution is -0.131. The van der Waals surface area contributed by atoms with E-state index < -0.39 is 0 Å². The zero-order valence-electron chi connectivity index (χ0n) is 10.3. The average Bonchev–Trinajstić information content (AvgIpc) is 2.76. The lowest BCUT2D eigenvalue weighted by atomic mass is 9.96. The molecule has 1 aliphatic rings. The van der Waals surface area contributed by atoms with Gasteiger partial charge in [-0.25, -0.2) is 0 Å². The van der Waals surface area contributed by atoms with Gasteiger partial charge in [-0.3, -0.25) is 4.79 Å². The van der Waals surface area contributed by atoms with Crippen LogP contribution in [0.1, 0.15) is 30.5 Å². The van der Waals surface area contributed by atoms with Crippen LogP contribution < -0.4 is 5.32 Å². The van der Waals surface area contributed by atoms with Crippen molar-refractivity contribution in [3.05, 3.63) is 11.7 Å². The smallest absolute Gasteiger partial charge is 0.236 e. The van der Waals surface area contributed by atoms with Crippen molar-refractivity contribution in [2.24, 2.45) is 0 Å². The molecule has 2 rings (SSSR count). The summed E-state index contributed by atoms with van der Waals surface area (Å²) in [6, 6.07) is 0. The van der Waals surface area contributed by atoms with Crippen molar-refractivity contribution < 1.29 is 9.32 Å². The van der Waals surface area contributed by atoms with E-state index in [4.69, 9.17) is 4.52 Å². The number of rotatable bonds is 3. The van der Waals surface area contributed by atoms with Gasteiger partial charge < -0.3 is 14.7 Å². The molecule has 0 aliphatic carbocycles. The molecule has 1 aromatic heterocycles. The topological polar surface area (TPSA) is 71.3 Å². The molecule has 0 atom stereocenters. The molecule has 0 aromatic carbocycles. The second-order valence-corrected chi connectivity index (χ2v) is 4.36. The predicted molar refractivity (Wildman–Crippen MR) is 61.5 cm³/mol. The molecule has 0 unspecified atom stereocenters. The fraction of sp³-hybridized carbons (Fsp3) is 0.727. The number of nitrogens with one attached hydrogen (secondary N) is 1. The van der Waals surface area contributed by atoms with Gasteiger partial charge in [-0.05, 0) is 19.9 Å². The number of amides is 1. The van der Waals surface area contributed by atoms with Crippen molar-refractivity contribution in [1.82, 2.24) is 20.4 Å². The van der Waals surface area contributed by atoms with Crippen LogP contribution in [-0.4, -0.2) is 47.6 Å². The Hall–Kier alpha value is -1.43. The quantitative estimate of drug-likeness (QED) is 0.820. The third kappa shape index (κ3) is 2.82. The van der Waals surface area contributed by atoms with Crippen molar-refractivity contribution in [1.29, 1.82) is 0 Å². The number of carbonyl (C=O) groups excluding carboxylic acids is 1. The molecule has 94 valence electrons. The first-order valence-corrected chi connectivity index (χ1v) is 5.93. The summed E-state index contributed by atoms with van der Waals surface area (Å²) in [7, 11) is 1.78. The summed E-state index contributed by atoms with van der Waals surface area (Å²) in [4.78, 5) is 17.8. The van der Waals surface area contributed by atoms with E-state index in [1.54, 1.807) is 14.0 Å². The van der Waals surface area contributed by atoms with Crippen molar-refractivity contribution in [3.8, 4) is 0 Å². The van der Waals surface area contributed by atoms with E-state index in [1.807, 2.05) is 4.90 Å². The van der Waals surface area contributed by atoms with Gasteiger partial charge in [-0.15, -0.1) is 0 Å². The van der Waals surface area contributed by atoms with E-state index in [2.05, 4.69) is 15.5 Å². The van der Waals surface area contributed by atoms with Gasteiger partial charge in [0, 0.05) is 25.9 Å². The first-order valence-electron chi connectivity index (χ1n) is 5.93. The van der Waals surface area contributed by atoms with Crippen LogP contribution in [0.25, 0.3) is 0 Å². The second-order valence-electron chi connectivity index (χ2n) is 4.36. The molecule has 0 spiro atoms. The normalized spacial score (nSPS) is 17.4. The summed E-state index contributed by atoms with van der Waals surface area (Å²) >= 11 is 0. The highest BCUT2D eigenvalue weighted by Crippen LogP contribution is 2.25. The van der Waals surface area contributed by atoms with Crippen LogP contribution in [-0.2, 0) is 4.79 Å². The maximum atomic E-state index is 11.7. The second kappa shape index (κ2) is 5.27. The Morgan fingerprint density at radius 3 is 2.76 bits per heavy atom. The van der Waals surface area contributed by atoms with E-state index in [0.717, 1.165) is 31.8 Å². The predicted octanol–water partition coefficient (Wildman–Crippen LogP) is 0.303. The van der Waals surface area contributed by atoms with Gasteiger partial charge in [0.15, 0.2) is 5.82 Å². The van der Waals surface area contributed by atoms with Crippen LogP contribution in [0.2, 0.25) is 0 Å². The first kappa shape index (κ1) is 12.0. The Morgan fingerprint density at radius 2 is 2.24 bits per heavy atom. The van der Waals surface area contributed by atoms with Crippen molar-refractivity contribution in [2.75, 3.05) is 26.7 Å². The van der Waals surface area contributed by atoms with E-state index in [0.29, 0.717) is 18.4 Å². The molecule has 1 fully saturated rings. The summed E-state index contributed by atoms with van der Waals surface area (Å²) in [5.74, 6) is 1.87. The number of likely N-dealkylation sites (N-methyl/N-ethyl adjacent to an activating group) is 1. The monoisotopic (exact) mass is 238 g/mol. The highest BCUT2D eigenvalue weighted by atomic mass is 16.5. The maximum Gasteiger partial charge on any atom is 0.236 e. The molecule has 1 N–H and O–H groups in total. The molecule has 0 bridgehead atoms. The van der Waals surface area contributed by atoms with E-state index in [-0.39, 0.29) is 5.91 Å². The zero-order chi connectivity index (χ0) is 12.3. The van der Waals surface area contributed by atoms with Gasteiger partial charge in [-0.1, -0.05) is 5.16 Å². The number of carbonyl (C=O) groups is 1. The van der Waals surface area contributed by atoms with Gasteiger partial charge in [-0.2, -0.15) is 4.98 Å². The van der Waals surface area contributed by atoms with Crippen LogP contribution in [0.3, 0.4) is 0 Å². The molecule has 1 amide bonds. The number of hydrogen-bond acceptors (Lipinski definition) is 5. The Morgan fingerprint density at radius 1 is 1.53 bits per heavy atom. The van der Waals surface area contributed by atoms with E-state index >= 15 is 0 Å². The van der Waals surface area contributed by atoms with Gasteiger partial charge in [0.05, 0.1) is 6.54 Å². The van der Waals surface area contributed by atoms with Crippen molar-refractivity contribution in [3.63, 3.8) is 0 Å². The molecule has 1 aromatic rings. The summed E-state index contributed by atoms with van der Waals surface area (Å²) in [6.45, 7) is 3.76. The Labute approximate surface area is 100 Å². The van der Waals surface area contributed by atoms with Crippen LogP contribution >= 0.6 is 0 Å². The summed E-state index contributed by atoms with van der Waals surface area (Å²) in [5.41, 5.74) is 0. The minimum absolute atomic E-state index is 0.162. The molecule has 0 radical (unpaired) electrons. The van der Waals surface area contributed by atoms with Crippen molar-refractivity contribution >= 4 is 5.91 Å². The minimum Gasteiger partial charge on any atom is -0.342 e. The molecule has 0 saturated carbocycles. The van der Waals surface area contributed by atoms with Crippen LogP contribution in [0.15, 0.2) is 4.52 Å². The zero-order valence-corrected chi connectivity index (χ0v) is 10.3. The molecular weight excluding hydrogens is 220 g/mol. The molecular formula is C11H18N4O2. The highest BCUT2D eigenvalue weighted by Gasteiger charge is 2.26. The van der Waals surface area contributed by atoms with Crippen LogP contribution in [0.4, 0.5) is 0 Å². The largest absolute Gasteiger partial charge is 0.342 e. The Kier molecular flexibility index (Phi) is 3.73. The summed E-state index contributed by atoms with van der Waals surface area (Å²) < 4.78 is 4.98. The Bertz CT molecular complexity index is 383. The third-order valence-electron chi connectivity index (χ3n) is 3.08. The standard InChI is InChI=1S/C11H18N4O2/c1-8-13-11(14-17-8)9-3-5-15(6-4-9)10(16)7-12-2/h9,12H,3-7H2,1-2H3. The first-order chi connectivity index (χ1) is 8.20. The van der Waals surface area contributed by atoms with E-state index in [9.17, 15) is 4.79 Å². The number of aryl methyl sites for hydroxylation is 1. The summed E-state index contributed by atoms with van der Waals surface area (Å²) in [6.07, 6.45) is 1.82. The lowest BCUT2D eigenvalue weighted by Gasteiger charge is -2.30. The molecule has 1 saturated heterocycles. The molecule has 6 heteroatoms. The number of likely N-dealkylation sites (tertiary alicyclic amines) is 1. The highest BCUT2D eigenvalue weighted by molar-refractivity contribution is 5.78. The van der Waals surface area contributed by atoms with Crippen LogP contribution in [0.5, 0.6) is 0 Å². The fourth-order valence-corrected chi connectivity index (χ4v) is 2.13. The summed E-state index contributed by atoms with van der Waals surface area (Å²) in [5, 5.41) is 6.82. The molecule has 2 heterocycles. The van der Waals surface area contributed by atoms with Gasteiger partial charge in [0.2, 0.25) is 11.8 Å². The molecule has 1 aliphatic heterocycles. The van der Waals surface area contributed by atoms with E-state index in [1.165, 1.54) is 0 Å². The number of aromatic nitrogens is 2.